The normalized spacial score (nSPS) is 10.6. The van der Waals surface area contributed by atoms with E-state index in [4.69, 9.17) is 4.74 Å². The highest BCUT2D eigenvalue weighted by Gasteiger charge is 2.03. The molecule has 1 aromatic carbocycles. The zero-order chi connectivity index (χ0) is 15.4. The minimum absolute atomic E-state index is 0.322. The van der Waals surface area contributed by atoms with Crippen molar-refractivity contribution in [2.45, 2.75) is 20.0 Å². The van der Waals surface area contributed by atoms with E-state index in [0.29, 0.717) is 12.4 Å². The lowest BCUT2D eigenvalue weighted by atomic mass is 10.1. The average Bonchev–Trinajstić information content (AvgIpc) is 3.13. The molecule has 2 heterocycles. The Morgan fingerprint density at radius 2 is 1.91 bits per heavy atom. The van der Waals surface area contributed by atoms with Gasteiger partial charge in [0.15, 0.2) is 0 Å². The van der Waals surface area contributed by atoms with Gasteiger partial charge in [-0.1, -0.05) is 24.3 Å². The molecular weight excluding hydrogens is 280 g/mol. The summed E-state index contributed by atoms with van der Waals surface area (Å²) in [5.74, 6) is -0.0453. The van der Waals surface area contributed by atoms with Gasteiger partial charge in [0.2, 0.25) is 5.88 Å². The van der Waals surface area contributed by atoms with Gasteiger partial charge in [0, 0.05) is 25.9 Å². The average molecular weight is 296 g/mol. The first-order valence-corrected chi connectivity index (χ1v) is 6.94. The molecule has 2 aromatic heterocycles. The first kappa shape index (κ1) is 14.1. The van der Waals surface area contributed by atoms with Crippen LogP contribution in [0.4, 0.5) is 0 Å². The van der Waals surface area contributed by atoms with Gasteiger partial charge in [-0.05, 0) is 17.2 Å². The van der Waals surface area contributed by atoms with E-state index in [1.54, 1.807) is 18.7 Å². The summed E-state index contributed by atoms with van der Waals surface area (Å²) < 4.78 is 8.69. The van der Waals surface area contributed by atoms with Gasteiger partial charge in [0.05, 0.1) is 19.1 Å². The van der Waals surface area contributed by atoms with Gasteiger partial charge in [-0.25, -0.2) is 4.98 Å². The van der Waals surface area contributed by atoms with Gasteiger partial charge >= 0.3 is 5.97 Å². The fourth-order valence-corrected chi connectivity index (χ4v) is 2.17. The van der Waals surface area contributed by atoms with E-state index in [9.17, 15) is 4.79 Å². The number of ether oxygens (including phenoxy) is 1. The number of carbonyl (C=O) groups is 1. The van der Waals surface area contributed by atoms with Crippen molar-refractivity contribution in [3.63, 3.8) is 0 Å². The van der Waals surface area contributed by atoms with Gasteiger partial charge in [-0.3, -0.25) is 9.48 Å². The molecule has 0 unspecified atom stereocenters. The highest BCUT2D eigenvalue weighted by molar-refractivity contribution is 5.68. The Morgan fingerprint density at radius 1 is 1.18 bits per heavy atom. The van der Waals surface area contributed by atoms with Gasteiger partial charge in [0.25, 0.3) is 0 Å². The SMILES string of the molecule is CC(=O)Oc1cn(Cc2ccc(Cn3cccn3)cc2)cn1. The second-order valence-electron chi connectivity index (χ2n) is 5.00. The van der Waals surface area contributed by atoms with E-state index in [1.807, 2.05) is 21.5 Å². The number of carbonyl (C=O) groups excluding carboxylic acids is 1. The molecular formula is C16H16N4O2. The molecule has 112 valence electrons. The molecule has 0 N–H and O–H groups in total. The van der Waals surface area contributed by atoms with Crippen molar-refractivity contribution in [1.29, 1.82) is 0 Å². The maximum Gasteiger partial charge on any atom is 0.309 e. The number of nitrogens with zero attached hydrogens (tertiary/aromatic N) is 4. The molecule has 0 saturated heterocycles. The third-order valence-corrected chi connectivity index (χ3v) is 3.15. The van der Waals surface area contributed by atoms with Crippen LogP contribution in [0.25, 0.3) is 0 Å². The quantitative estimate of drug-likeness (QED) is 0.676. The fourth-order valence-electron chi connectivity index (χ4n) is 2.17. The molecule has 3 aromatic rings. The van der Waals surface area contributed by atoms with Crippen LogP contribution in [-0.2, 0) is 17.9 Å². The van der Waals surface area contributed by atoms with Crippen molar-refractivity contribution in [3.05, 3.63) is 66.4 Å². The van der Waals surface area contributed by atoms with Gasteiger partial charge in [-0.2, -0.15) is 5.10 Å². The van der Waals surface area contributed by atoms with E-state index in [1.165, 1.54) is 12.5 Å². The summed E-state index contributed by atoms with van der Waals surface area (Å²) in [7, 11) is 0. The Morgan fingerprint density at radius 3 is 2.55 bits per heavy atom. The maximum atomic E-state index is 10.9. The molecule has 0 bridgehead atoms. The number of esters is 1. The molecule has 22 heavy (non-hydrogen) atoms. The first-order valence-electron chi connectivity index (χ1n) is 6.94. The van der Waals surface area contributed by atoms with Crippen LogP contribution < -0.4 is 4.74 Å². The number of benzene rings is 1. The second kappa shape index (κ2) is 6.26. The third kappa shape index (κ3) is 3.60. The molecule has 0 fully saturated rings. The number of hydrogen-bond acceptors (Lipinski definition) is 4. The first-order chi connectivity index (χ1) is 10.7. The van der Waals surface area contributed by atoms with Crippen molar-refractivity contribution >= 4 is 5.97 Å². The summed E-state index contributed by atoms with van der Waals surface area (Å²) in [6.07, 6.45) is 7.07. The summed E-state index contributed by atoms with van der Waals surface area (Å²) >= 11 is 0. The number of aromatic nitrogens is 4. The van der Waals surface area contributed by atoms with Crippen LogP contribution in [0.2, 0.25) is 0 Å². The molecule has 6 heteroatoms. The van der Waals surface area contributed by atoms with E-state index in [-0.39, 0.29) is 5.97 Å². The predicted molar refractivity (Wildman–Crippen MR) is 80.4 cm³/mol. The zero-order valence-corrected chi connectivity index (χ0v) is 12.2. The zero-order valence-electron chi connectivity index (χ0n) is 12.2. The van der Waals surface area contributed by atoms with Crippen LogP contribution in [0, 0.1) is 0 Å². The molecule has 6 nitrogen and oxygen atoms in total. The summed E-state index contributed by atoms with van der Waals surface area (Å²) in [6.45, 7) is 2.79. The molecule has 0 radical (unpaired) electrons. The van der Waals surface area contributed by atoms with Crippen molar-refractivity contribution in [3.8, 4) is 5.88 Å². The van der Waals surface area contributed by atoms with Crippen LogP contribution >= 0.6 is 0 Å². The van der Waals surface area contributed by atoms with Gasteiger partial charge < -0.3 is 9.30 Å². The fraction of sp³-hybridized carbons (Fsp3) is 0.188. The predicted octanol–water partition coefficient (Wildman–Crippen LogP) is 2.10. The second-order valence-corrected chi connectivity index (χ2v) is 5.00. The molecule has 0 atom stereocenters. The van der Waals surface area contributed by atoms with Crippen LogP contribution in [0.3, 0.4) is 0 Å². The molecule has 0 aliphatic heterocycles. The van der Waals surface area contributed by atoms with Crippen LogP contribution in [0.15, 0.2) is 55.2 Å². The van der Waals surface area contributed by atoms with Crippen molar-refractivity contribution < 1.29 is 9.53 Å². The molecule has 0 amide bonds. The Kier molecular flexibility index (Phi) is 4.00. The number of hydrogen-bond donors (Lipinski definition) is 0. The van der Waals surface area contributed by atoms with E-state index in [0.717, 1.165) is 12.1 Å². The van der Waals surface area contributed by atoms with E-state index >= 15 is 0 Å². The monoisotopic (exact) mass is 296 g/mol. The Balaban J connectivity index is 1.63. The smallest absolute Gasteiger partial charge is 0.309 e. The Bertz CT molecular complexity index is 745. The molecule has 0 aliphatic rings. The van der Waals surface area contributed by atoms with E-state index < -0.39 is 0 Å². The maximum absolute atomic E-state index is 10.9. The lowest BCUT2D eigenvalue weighted by Gasteiger charge is -2.05. The minimum atomic E-state index is -0.367. The largest absolute Gasteiger partial charge is 0.406 e. The molecule has 0 saturated carbocycles. The number of rotatable bonds is 5. The van der Waals surface area contributed by atoms with Gasteiger partial charge in [0.1, 0.15) is 0 Å². The third-order valence-electron chi connectivity index (χ3n) is 3.15. The lowest BCUT2D eigenvalue weighted by Crippen LogP contribution is -2.02. The van der Waals surface area contributed by atoms with Crippen LogP contribution in [0.5, 0.6) is 5.88 Å². The Labute approximate surface area is 128 Å². The van der Waals surface area contributed by atoms with Crippen LogP contribution in [0.1, 0.15) is 18.1 Å². The van der Waals surface area contributed by atoms with Crippen LogP contribution in [-0.4, -0.2) is 25.3 Å². The van der Waals surface area contributed by atoms with Crippen molar-refractivity contribution in [2.24, 2.45) is 0 Å². The highest BCUT2D eigenvalue weighted by Crippen LogP contribution is 2.11. The minimum Gasteiger partial charge on any atom is -0.406 e. The van der Waals surface area contributed by atoms with E-state index in [2.05, 4.69) is 34.3 Å². The van der Waals surface area contributed by atoms with Crippen molar-refractivity contribution in [2.75, 3.05) is 0 Å². The summed E-state index contributed by atoms with van der Waals surface area (Å²) in [6, 6.07) is 10.2. The number of imidazole rings is 1. The molecule has 0 aliphatic carbocycles. The lowest BCUT2D eigenvalue weighted by molar-refractivity contribution is -0.132. The summed E-state index contributed by atoms with van der Waals surface area (Å²) in [4.78, 5) is 14.9. The van der Waals surface area contributed by atoms with Crippen molar-refractivity contribution in [1.82, 2.24) is 19.3 Å². The summed E-state index contributed by atoms with van der Waals surface area (Å²) in [5, 5.41) is 4.19. The van der Waals surface area contributed by atoms with Gasteiger partial charge in [-0.15, -0.1) is 0 Å². The topological polar surface area (TPSA) is 61.9 Å². The summed E-state index contributed by atoms with van der Waals surface area (Å²) in [5.41, 5.74) is 2.34. The Hall–Kier alpha value is -2.89. The standard InChI is InChI=1S/C16H16N4O2/c1-13(21)22-16-11-19(12-17-16)9-14-3-5-15(6-4-14)10-20-8-2-7-18-20/h2-8,11-12H,9-10H2,1H3. The molecule has 0 spiro atoms. The highest BCUT2D eigenvalue weighted by atomic mass is 16.5. The molecule has 3 rings (SSSR count).